The monoisotopic (exact) mass is 279 g/mol. The first-order valence-corrected chi connectivity index (χ1v) is 6.36. The predicted octanol–water partition coefficient (Wildman–Crippen LogP) is 2.34. The van der Waals surface area contributed by atoms with Crippen LogP contribution in [0.15, 0.2) is 33.5 Å². The summed E-state index contributed by atoms with van der Waals surface area (Å²) in [5, 5.41) is 2.90. The van der Waals surface area contributed by atoms with Crippen molar-refractivity contribution in [2.24, 2.45) is 0 Å². The van der Waals surface area contributed by atoms with Crippen LogP contribution in [-0.2, 0) is 11.3 Å². The molecule has 1 atom stereocenters. The molecule has 5 heteroatoms. The molecule has 2 rings (SSSR count). The number of fused-ring (bicyclic) bond motifs is 1. The molecule has 0 bridgehead atoms. The minimum absolute atomic E-state index is 0.251. The topological polar surface area (TPSA) is 59.3 Å². The lowest BCUT2D eigenvalue weighted by molar-refractivity contribution is -0.120. The van der Waals surface area contributed by atoms with Gasteiger partial charge in [-0.2, -0.15) is 0 Å². The highest BCUT2D eigenvalue weighted by molar-refractivity contribution is 6.30. The Labute approximate surface area is 115 Å². The molecular formula is C14H14ClNO3. The average Bonchev–Trinajstić information content (AvgIpc) is 2.36. The summed E-state index contributed by atoms with van der Waals surface area (Å²) >= 11 is 5.68. The lowest BCUT2D eigenvalue weighted by atomic mass is 10.1. The summed E-state index contributed by atoms with van der Waals surface area (Å²) in [6, 6.07) is 6.93. The molecule has 0 radical (unpaired) electrons. The van der Waals surface area contributed by atoms with E-state index < -0.39 is 11.0 Å². The predicted molar refractivity (Wildman–Crippen MR) is 74.4 cm³/mol. The summed E-state index contributed by atoms with van der Waals surface area (Å²) < 4.78 is 5.12. The van der Waals surface area contributed by atoms with Gasteiger partial charge >= 0.3 is 5.63 Å². The molecule has 0 spiro atoms. The van der Waals surface area contributed by atoms with Crippen LogP contribution in [0.25, 0.3) is 11.0 Å². The summed E-state index contributed by atoms with van der Waals surface area (Å²) in [5.41, 5.74) is 1.86. The van der Waals surface area contributed by atoms with Crippen molar-refractivity contribution in [2.45, 2.75) is 25.8 Å². The molecule has 0 aliphatic heterocycles. The third kappa shape index (κ3) is 3.15. The quantitative estimate of drug-likeness (QED) is 0.693. The van der Waals surface area contributed by atoms with Gasteiger partial charge in [-0.15, -0.1) is 11.6 Å². The zero-order valence-corrected chi connectivity index (χ0v) is 11.5. The number of rotatable bonds is 3. The van der Waals surface area contributed by atoms with Gasteiger partial charge in [-0.1, -0.05) is 11.6 Å². The second-order valence-electron chi connectivity index (χ2n) is 4.42. The first-order chi connectivity index (χ1) is 8.97. The fourth-order valence-corrected chi connectivity index (χ4v) is 1.89. The zero-order valence-electron chi connectivity index (χ0n) is 10.7. The SMILES string of the molecule is Cc1ccc2oc(=O)cc(CNC(=O)C(C)Cl)c2c1. The van der Waals surface area contributed by atoms with Crippen LogP contribution in [0.4, 0.5) is 0 Å². The van der Waals surface area contributed by atoms with E-state index in [2.05, 4.69) is 5.32 Å². The number of halogens is 1. The highest BCUT2D eigenvalue weighted by atomic mass is 35.5. The van der Waals surface area contributed by atoms with Gasteiger partial charge in [0.25, 0.3) is 0 Å². The minimum atomic E-state index is -0.604. The Morgan fingerprint density at radius 1 is 1.42 bits per heavy atom. The van der Waals surface area contributed by atoms with Gasteiger partial charge in [0.1, 0.15) is 11.0 Å². The Morgan fingerprint density at radius 2 is 2.16 bits per heavy atom. The number of hydrogen-bond donors (Lipinski definition) is 1. The second-order valence-corrected chi connectivity index (χ2v) is 5.08. The Morgan fingerprint density at radius 3 is 2.84 bits per heavy atom. The smallest absolute Gasteiger partial charge is 0.336 e. The fraction of sp³-hybridized carbons (Fsp3) is 0.286. The van der Waals surface area contributed by atoms with E-state index in [0.29, 0.717) is 5.58 Å². The highest BCUT2D eigenvalue weighted by Gasteiger charge is 2.10. The number of carbonyl (C=O) groups excluding carboxylic acids is 1. The molecule has 0 fully saturated rings. The number of hydrogen-bond acceptors (Lipinski definition) is 3. The van der Waals surface area contributed by atoms with Gasteiger partial charge in [0.05, 0.1) is 0 Å². The molecule has 1 N–H and O–H groups in total. The van der Waals surface area contributed by atoms with Crippen molar-refractivity contribution in [2.75, 3.05) is 0 Å². The molecule has 0 aliphatic carbocycles. The van der Waals surface area contributed by atoms with Crippen molar-refractivity contribution >= 4 is 28.5 Å². The molecular weight excluding hydrogens is 266 g/mol. The standard InChI is InChI=1S/C14H14ClNO3/c1-8-3-4-12-11(5-8)10(6-13(17)19-12)7-16-14(18)9(2)15/h3-6,9H,7H2,1-2H3,(H,16,18). The van der Waals surface area contributed by atoms with Gasteiger partial charge in [0.2, 0.25) is 5.91 Å². The van der Waals surface area contributed by atoms with E-state index >= 15 is 0 Å². The van der Waals surface area contributed by atoms with Crippen molar-refractivity contribution in [1.82, 2.24) is 5.32 Å². The molecule has 100 valence electrons. The minimum Gasteiger partial charge on any atom is -0.423 e. The molecule has 1 aromatic heterocycles. The number of alkyl halides is 1. The summed E-state index contributed by atoms with van der Waals surface area (Å²) in [5.74, 6) is -0.268. The molecule has 0 aliphatic rings. The molecule has 1 aromatic carbocycles. The van der Waals surface area contributed by atoms with Gasteiger partial charge in [0.15, 0.2) is 0 Å². The van der Waals surface area contributed by atoms with Gasteiger partial charge < -0.3 is 9.73 Å². The third-order valence-electron chi connectivity index (χ3n) is 2.80. The Bertz CT molecular complexity index is 676. The van der Waals surface area contributed by atoms with Crippen molar-refractivity contribution in [1.29, 1.82) is 0 Å². The maximum absolute atomic E-state index is 11.5. The molecule has 0 saturated carbocycles. The molecule has 2 aromatic rings. The lowest BCUT2D eigenvalue weighted by Crippen LogP contribution is -2.29. The number of benzene rings is 1. The number of aryl methyl sites for hydroxylation is 1. The van der Waals surface area contributed by atoms with Crippen molar-refractivity contribution < 1.29 is 9.21 Å². The van der Waals surface area contributed by atoms with Crippen LogP contribution in [0.2, 0.25) is 0 Å². The number of amides is 1. The summed E-state index contributed by atoms with van der Waals surface area (Å²) in [6.45, 7) is 3.80. The first kappa shape index (κ1) is 13.6. The van der Waals surface area contributed by atoms with E-state index in [1.54, 1.807) is 13.0 Å². The maximum Gasteiger partial charge on any atom is 0.336 e. The van der Waals surface area contributed by atoms with E-state index in [-0.39, 0.29) is 12.5 Å². The Kier molecular flexibility index (Phi) is 3.90. The van der Waals surface area contributed by atoms with Crippen LogP contribution in [0.1, 0.15) is 18.1 Å². The van der Waals surface area contributed by atoms with E-state index in [1.807, 2.05) is 19.1 Å². The lowest BCUT2D eigenvalue weighted by Gasteiger charge is -2.09. The third-order valence-corrected chi connectivity index (χ3v) is 3.00. The maximum atomic E-state index is 11.5. The largest absolute Gasteiger partial charge is 0.423 e. The summed E-state index contributed by atoms with van der Waals surface area (Å²) in [7, 11) is 0. The molecule has 1 heterocycles. The summed E-state index contributed by atoms with van der Waals surface area (Å²) in [4.78, 5) is 22.9. The van der Waals surface area contributed by atoms with Gasteiger partial charge in [-0.25, -0.2) is 4.79 Å². The Hall–Kier alpha value is -1.81. The van der Waals surface area contributed by atoms with Gasteiger partial charge in [0, 0.05) is 18.0 Å². The van der Waals surface area contributed by atoms with Crippen molar-refractivity contribution in [3.63, 3.8) is 0 Å². The fourth-order valence-electron chi connectivity index (χ4n) is 1.81. The summed E-state index contributed by atoms with van der Waals surface area (Å²) in [6.07, 6.45) is 0. The molecule has 0 saturated heterocycles. The van der Waals surface area contributed by atoms with E-state index in [1.165, 1.54) is 6.07 Å². The first-order valence-electron chi connectivity index (χ1n) is 5.92. The van der Waals surface area contributed by atoms with E-state index in [0.717, 1.165) is 16.5 Å². The molecule has 4 nitrogen and oxygen atoms in total. The van der Waals surface area contributed by atoms with E-state index in [9.17, 15) is 9.59 Å². The van der Waals surface area contributed by atoms with E-state index in [4.69, 9.17) is 16.0 Å². The van der Waals surface area contributed by atoms with Crippen molar-refractivity contribution in [3.05, 3.63) is 45.8 Å². The molecule has 1 unspecified atom stereocenters. The highest BCUT2D eigenvalue weighted by Crippen LogP contribution is 2.18. The van der Waals surface area contributed by atoms with Crippen LogP contribution >= 0.6 is 11.6 Å². The second kappa shape index (κ2) is 5.45. The van der Waals surface area contributed by atoms with Gasteiger partial charge in [-0.05, 0) is 31.5 Å². The van der Waals surface area contributed by atoms with Crippen molar-refractivity contribution in [3.8, 4) is 0 Å². The molecule has 1 amide bonds. The van der Waals surface area contributed by atoms with Gasteiger partial charge in [-0.3, -0.25) is 4.79 Å². The Balaban J connectivity index is 2.39. The van der Waals surface area contributed by atoms with Crippen LogP contribution in [0.3, 0.4) is 0 Å². The molecule has 19 heavy (non-hydrogen) atoms. The van der Waals surface area contributed by atoms with Crippen LogP contribution in [-0.4, -0.2) is 11.3 Å². The number of carbonyl (C=O) groups is 1. The van der Waals surface area contributed by atoms with Crippen LogP contribution in [0, 0.1) is 6.92 Å². The van der Waals surface area contributed by atoms with Crippen LogP contribution < -0.4 is 10.9 Å². The number of nitrogens with one attached hydrogen (secondary N) is 1. The normalized spacial score (nSPS) is 12.4. The van der Waals surface area contributed by atoms with Crippen LogP contribution in [0.5, 0.6) is 0 Å². The average molecular weight is 280 g/mol. The zero-order chi connectivity index (χ0) is 14.0.